The monoisotopic (exact) mass is 204 g/mol. The number of rotatable bonds is 3. The molecule has 0 saturated heterocycles. The number of nitrogens with one attached hydrogen (secondary N) is 1. The van der Waals surface area contributed by atoms with E-state index >= 15 is 0 Å². The number of hydrogen-bond acceptors (Lipinski definition) is 2. The zero-order valence-electron chi connectivity index (χ0n) is 8.18. The second-order valence-corrected chi connectivity index (χ2v) is 3.26. The van der Waals surface area contributed by atoms with Gasteiger partial charge in [-0.1, -0.05) is 30.3 Å². The van der Waals surface area contributed by atoms with Crippen molar-refractivity contribution in [2.45, 2.75) is 6.54 Å². The SMILES string of the molecule is O=c1[nH]c(-c2ccccc2)cn1CCO. The lowest BCUT2D eigenvalue weighted by molar-refractivity contribution is 0.274. The number of H-pyrrole nitrogens is 1. The second-order valence-electron chi connectivity index (χ2n) is 3.26. The molecule has 0 saturated carbocycles. The molecule has 0 aliphatic heterocycles. The maximum atomic E-state index is 11.4. The Bertz CT molecular complexity index is 485. The molecule has 0 bridgehead atoms. The number of hydrogen-bond donors (Lipinski definition) is 2. The zero-order valence-corrected chi connectivity index (χ0v) is 8.18. The van der Waals surface area contributed by atoms with Crippen molar-refractivity contribution < 1.29 is 5.11 Å². The average Bonchev–Trinajstić information content (AvgIpc) is 2.63. The van der Waals surface area contributed by atoms with Crippen molar-refractivity contribution in [3.63, 3.8) is 0 Å². The number of aromatic nitrogens is 2. The largest absolute Gasteiger partial charge is 0.395 e. The van der Waals surface area contributed by atoms with Crippen molar-refractivity contribution >= 4 is 0 Å². The summed E-state index contributed by atoms with van der Waals surface area (Å²) in [7, 11) is 0. The maximum Gasteiger partial charge on any atom is 0.326 e. The van der Waals surface area contributed by atoms with Crippen LogP contribution >= 0.6 is 0 Å². The van der Waals surface area contributed by atoms with E-state index in [9.17, 15) is 4.79 Å². The van der Waals surface area contributed by atoms with Gasteiger partial charge in [0.25, 0.3) is 0 Å². The minimum atomic E-state index is -0.192. The predicted octanol–water partition coefficient (Wildman–Crippen LogP) is 0.836. The molecule has 0 fully saturated rings. The van der Waals surface area contributed by atoms with E-state index in [1.54, 1.807) is 6.20 Å². The Morgan fingerprint density at radius 2 is 2.00 bits per heavy atom. The molecule has 0 unspecified atom stereocenters. The summed E-state index contributed by atoms with van der Waals surface area (Å²) in [5.41, 5.74) is 1.54. The summed E-state index contributed by atoms with van der Waals surface area (Å²) in [5, 5.41) is 8.75. The molecule has 0 aliphatic rings. The molecular weight excluding hydrogens is 192 g/mol. The van der Waals surface area contributed by atoms with Crippen LogP contribution in [0.2, 0.25) is 0 Å². The van der Waals surface area contributed by atoms with Crippen LogP contribution in [0.1, 0.15) is 0 Å². The van der Waals surface area contributed by atoms with Gasteiger partial charge in [-0.15, -0.1) is 0 Å². The summed E-state index contributed by atoms with van der Waals surface area (Å²) in [6.07, 6.45) is 1.72. The molecule has 0 aliphatic carbocycles. The quantitative estimate of drug-likeness (QED) is 0.778. The number of benzene rings is 1. The third-order valence-electron chi connectivity index (χ3n) is 2.21. The first-order chi connectivity index (χ1) is 7.31. The summed E-state index contributed by atoms with van der Waals surface area (Å²) in [6, 6.07) is 9.60. The third kappa shape index (κ3) is 1.99. The number of imidazole rings is 1. The maximum absolute atomic E-state index is 11.4. The fourth-order valence-electron chi connectivity index (χ4n) is 1.47. The smallest absolute Gasteiger partial charge is 0.326 e. The van der Waals surface area contributed by atoms with Gasteiger partial charge in [-0.3, -0.25) is 4.57 Å². The number of nitrogens with zero attached hydrogens (tertiary/aromatic N) is 1. The van der Waals surface area contributed by atoms with Crippen LogP contribution in [0.4, 0.5) is 0 Å². The Kier molecular flexibility index (Phi) is 2.69. The van der Waals surface area contributed by atoms with E-state index in [0.29, 0.717) is 6.54 Å². The van der Waals surface area contributed by atoms with Crippen LogP contribution < -0.4 is 5.69 Å². The molecule has 0 radical (unpaired) electrons. The second kappa shape index (κ2) is 4.14. The minimum Gasteiger partial charge on any atom is -0.395 e. The fourth-order valence-corrected chi connectivity index (χ4v) is 1.47. The van der Waals surface area contributed by atoms with E-state index in [1.807, 2.05) is 30.3 Å². The topological polar surface area (TPSA) is 58.0 Å². The Balaban J connectivity index is 2.39. The third-order valence-corrected chi connectivity index (χ3v) is 2.21. The van der Waals surface area contributed by atoms with Gasteiger partial charge < -0.3 is 10.1 Å². The van der Waals surface area contributed by atoms with Gasteiger partial charge in [-0.2, -0.15) is 0 Å². The summed E-state index contributed by atoms with van der Waals surface area (Å²) < 4.78 is 1.46. The molecule has 1 heterocycles. The molecule has 0 amide bonds. The van der Waals surface area contributed by atoms with Crippen LogP contribution in [0, 0.1) is 0 Å². The summed E-state index contributed by atoms with van der Waals surface area (Å²) in [4.78, 5) is 14.1. The molecule has 0 atom stereocenters. The molecule has 2 N–H and O–H groups in total. The van der Waals surface area contributed by atoms with Crippen LogP contribution in [0.3, 0.4) is 0 Å². The first kappa shape index (κ1) is 9.73. The summed E-state index contributed by atoms with van der Waals surface area (Å²) >= 11 is 0. The van der Waals surface area contributed by atoms with Crippen LogP contribution in [-0.2, 0) is 6.54 Å². The van der Waals surface area contributed by atoms with Crippen molar-refractivity contribution in [3.8, 4) is 11.3 Å². The van der Waals surface area contributed by atoms with Gasteiger partial charge in [0.05, 0.1) is 18.8 Å². The van der Waals surface area contributed by atoms with E-state index in [0.717, 1.165) is 11.3 Å². The average molecular weight is 204 g/mol. The number of aromatic amines is 1. The van der Waals surface area contributed by atoms with Crippen LogP contribution in [-0.4, -0.2) is 21.3 Å². The number of aliphatic hydroxyl groups excluding tert-OH is 1. The van der Waals surface area contributed by atoms with Crippen molar-refractivity contribution in [2.24, 2.45) is 0 Å². The minimum absolute atomic E-state index is 0.0357. The van der Waals surface area contributed by atoms with Gasteiger partial charge in [0, 0.05) is 6.20 Å². The van der Waals surface area contributed by atoms with Gasteiger partial charge in [0.2, 0.25) is 0 Å². The first-order valence-electron chi connectivity index (χ1n) is 4.77. The van der Waals surface area contributed by atoms with E-state index in [2.05, 4.69) is 4.98 Å². The highest BCUT2D eigenvalue weighted by Gasteiger charge is 2.03. The Hall–Kier alpha value is -1.81. The molecule has 2 aromatic rings. The zero-order chi connectivity index (χ0) is 10.7. The van der Waals surface area contributed by atoms with Crippen LogP contribution in [0.15, 0.2) is 41.3 Å². The fraction of sp³-hybridized carbons (Fsp3) is 0.182. The number of aliphatic hydroxyl groups is 1. The van der Waals surface area contributed by atoms with Gasteiger partial charge in [0.1, 0.15) is 0 Å². The standard InChI is InChI=1S/C11H12N2O2/c14-7-6-13-8-10(12-11(13)15)9-4-2-1-3-5-9/h1-5,8,14H,6-7H2,(H,12,15). The highest BCUT2D eigenvalue weighted by molar-refractivity contribution is 5.57. The molecule has 78 valence electrons. The van der Waals surface area contributed by atoms with Crippen molar-refractivity contribution in [1.29, 1.82) is 0 Å². The Labute approximate surface area is 86.8 Å². The van der Waals surface area contributed by atoms with Crippen LogP contribution in [0.25, 0.3) is 11.3 Å². The summed E-state index contributed by atoms with van der Waals surface area (Å²) in [6.45, 7) is 0.286. The lowest BCUT2D eigenvalue weighted by atomic mass is 10.2. The first-order valence-corrected chi connectivity index (χ1v) is 4.77. The van der Waals surface area contributed by atoms with E-state index in [-0.39, 0.29) is 12.3 Å². The van der Waals surface area contributed by atoms with E-state index < -0.39 is 0 Å². The van der Waals surface area contributed by atoms with Gasteiger partial charge >= 0.3 is 5.69 Å². The molecular formula is C11H12N2O2. The normalized spacial score (nSPS) is 10.5. The molecule has 0 spiro atoms. The molecule has 4 nitrogen and oxygen atoms in total. The lowest BCUT2D eigenvalue weighted by Crippen LogP contribution is -2.17. The lowest BCUT2D eigenvalue weighted by Gasteiger charge is -1.95. The molecule has 1 aromatic heterocycles. The van der Waals surface area contributed by atoms with E-state index in [4.69, 9.17) is 5.11 Å². The summed E-state index contributed by atoms with van der Waals surface area (Å²) in [5.74, 6) is 0. The van der Waals surface area contributed by atoms with Crippen LogP contribution in [0.5, 0.6) is 0 Å². The highest BCUT2D eigenvalue weighted by Crippen LogP contribution is 2.13. The molecule has 4 heteroatoms. The van der Waals surface area contributed by atoms with Gasteiger partial charge in [-0.05, 0) is 5.56 Å². The van der Waals surface area contributed by atoms with Gasteiger partial charge in [-0.25, -0.2) is 4.79 Å². The Morgan fingerprint density at radius 3 is 2.67 bits per heavy atom. The van der Waals surface area contributed by atoms with Crippen molar-refractivity contribution in [3.05, 3.63) is 47.0 Å². The highest BCUT2D eigenvalue weighted by atomic mass is 16.3. The molecule has 1 aromatic carbocycles. The molecule has 15 heavy (non-hydrogen) atoms. The molecule has 2 rings (SSSR count). The van der Waals surface area contributed by atoms with Crippen molar-refractivity contribution in [2.75, 3.05) is 6.61 Å². The predicted molar refractivity (Wildman–Crippen MR) is 57.6 cm³/mol. The van der Waals surface area contributed by atoms with Gasteiger partial charge in [0.15, 0.2) is 0 Å². The Morgan fingerprint density at radius 1 is 1.27 bits per heavy atom. The van der Waals surface area contributed by atoms with E-state index in [1.165, 1.54) is 4.57 Å². The van der Waals surface area contributed by atoms with Crippen molar-refractivity contribution in [1.82, 2.24) is 9.55 Å².